The van der Waals surface area contributed by atoms with Crippen molar-refractivity contribution in [3.63, 3.8) is 0 Å². The predicted molar refractivity (Wildman–Crippen MR) is 72.1 cm³/mol. The average molecular weight is 273 g/mol. The van der Waals surface area contributed by atoms with E-state index >= 15 is 0 Å². The second-order valence-corrected chi connectivity index (χ2v) is 5.38. The van der Waals surface area contributed by atoms with E-state index in [1.54, 1.807) is 12.1 Å². The van der Waals surface area contributed by atoms with Crippen LogP contribution >= 0.6 is 0 Å². The largest absolute Gasteiger partial charge is 0.508 e. The Morgan fingerprint density at radius 3 is 2.50 bits per heavy atom. The normalized spacial score (nSPS) is 30.4. The predicted octanol–water partition coefficient (Wildman–Crippen LogP) is 1.85. The number of nitrogens with one attached hydrogen (secondary N) is 1. The molecule has 1 aromatic carbocycles. The summed E-state index contributed by atoms with van der Waals surface area (Å²) in [6.07, 6.45) is 4.58. The summed E-state index contributed by atoms with van der Waals surface area (Å²) in [7, 11) is 0. The highest BCUT2D eigenvalue weighted by Crippen LogP contribution is 2.48. The average Bonchev–Trinajstić information content (AvgIpc) is 2.98. The number of fused-ring (bicyclic) bond motifs is 2. The minimum Gasteiger partial charge on any atom is -0.508 e. The van der Waals surface area contributed by atoms with Gasteiger partial charge in [0.05, 0.1) is 11.8 Å². The van der Waals surface area contributed by atoms with Crippen LogP contribution in [0.25, 0.3) is 0 Å². The molecule has 5 nitrogen and oxygen atoms in total. The van der Waals surface area contributed by atoms with Gasteiger partial charge in [0.1, 0.15) is 5.75 Å². The van der Waals surface area contributed by atoms with Crippen molar-refractivity contribution >= 4 is 17.6 Å². The number of amides is 1. The van der Waals surface area contributed by atoms with Crippen molar-refractivity contribution in [2.24, 2.45) is 23.7 Å². The number of allylic oxidation sites excluding steroid dienone is 2. The van der Waals surface area contributed by atoms with Crippen molar-refractivity contribution in [3.05, 3.63) is 36.4 Å². The monoisotopic (exact) mass is 273 g/mol. The molecule has 1 amide bonds. The molecule has 104 valence electrons. The topological polar surface area (TPSA) is 86.6 Å². The second-order valence-electron chi connectivity index (χ2n) is 5.38. The maximum Gasteiger partial charge on any atom is 0.307 e. The van der Waals surface area contributed by atoms with Gasteiger partial charge < -0.3 is 15.5 Å². The zero-order chi connectivity index (χ0) is 14.3. The SMILES string of the molecule is O=C(O)C1C2C=CC(C2)C1C(=O)Nc1cccc(O)c1. The third kappa shape index (κ3) is 2.05. The molecule has 3 rings (SSSR count). The van der Waals surface area contributed by atoms with Crippen LogP contribution in [0, 0.1) is 23.7 Å². The minimum atomic E-state index is -0.919. The highest BCUT2D eigenvalue weighted by atomic mass is 16.4. The van der Waals surface area contributed by atoms with E-state index in [1.807, 2.05) is 12.2 Å². The van der Waals surface area contributed by atoms with E-state index in [0.29, 0.717) is 5.69 Å². The lowest BCUT2D eigenvalue weighted by Crippen LogP contribution is -2.36. The number of aromatic hydroxyl groups is 1. The molecule has 4 atom stereocenters. The number of hydrogen-bond acceptors (Lipinski definition) is 3. The summed E-state index contributed by atoms with van der Waals surface area (Å²) in [5.74, 6) is -2.38. The van der Waals surface area contributed by atoms with Gasteiger partial charge in [-0.05, 0) is 30.4 Å². The Bertz CT molecular complexity index is 595. The molecule has 20 heavy (non-hydrogen) atoms. The van der Waals surface area contributed by atoms with Crippen LogP contribution in [0.1, 0.15) is 6.42 Å². The molecule has 2 aliphatic carbocycles. The summed E-state index contributed by atoms with van der Waals surface area (Å²) in [6, 6.07) is 6.24. The third-order valence-corrected chi connectivity index (χ3v) is 4.16. The fourth-order valence-electron chi connectivity index (χ4n) is 3.33. The third-order valence-electron chi connectivity index (χ3n) is 4.16. The lowest BCUT2D eigenvalue weighted by Gasteiger charge is -2.23. The van der Waals surface area contributed by atoms with Gasteiger partial charge in [-0.1, -0.05) is 18.2 Å². The lowest BCUT2D eigenvalue weighted by molar-refractivity contribution is -0.146. The summed E-state index contributed by atoms with van der Waals surface area (Å²) < 4.78 is 0. The number of carbonyl (C=O) groups excluding carboxylic acids is 1. The van der Waals surface area contributed by atoms with Crippen molar-refractivity contribution in [1.82, 2.24) is 0 Å². The van der Waals surface area contributed by atoms with Crippen LogP contribution in [0.5, 0.6) is 5.75 Å². The molecule has 0 spiro atoms. The van der Waals surface area contributed by atoms with Crippen LogP contribution in [0.15, 0.2) is 36.4 Å². The van der Waals surface area contributed by atoms with Crippen LogP contribution < -0.4 is 5.32 Å². The smallest absolute Gasteiger partial charge is 0.307 e. The fourth-order valence-corrected chi connectivity index (χ4v) is 3.33. The number of hydrogen-bond donors (Lipinski definition) is 3. The first-order valence-electron chi connectivity index (χ1n) is 6.57. The van der Waals surface area contributed by atoms with E-state index in [2.05, 4.69) is 5.32 Å². The van der Waals surface area contributed by atoms with Gasteiger partial charge in [0, 0.05) is 11.8 Å². The molecule has 1 fully saturated rings. The second kappa shape index (κ2) is 4.67. The van der Waals surface area contributed by atoms with E-state index < -0.39 is 17.8 Å². The van der Waals surface area contributed by atoms with Crippen LogP contribution in [-0.4, -0.2) is 22.1 Å². The highest BCUT2D eigenvalue weighted by Gasteiger charge is 2.51. The first-order valence-corrected chi connectivity index (χ1v) is 6.57. The molecule has 5 heteroatoms. The number of anilines is 1. The van der Waals surface area contributed by atoms with Gasteiger partial charge in [0.2, 0.25) is 5.91 Å². The van der Waals surface area contributed by atoms with Crippen LogP contribution in [0.4, 0.5) is 5.69 Å². The van der Waals surface area contributed by atoms with E-state index in [4.69, 9.17) is 0 Å². The molecule has 0 heterocycles. The Balaban J connectivity index is 1.80. The molecule has 0 saturated heterocycles. The van der Waals surface area contributed by atoms with Crippen molar-refractivity contribution in [1.29, 1.82) is 0 Å². The van der Waals surface area contributed by atoms with Crippen molar-refractivity contribution in [2.45, 2.75) is 6.42 Å². The van der Waals surface area contributed by atoms with Gasteiger partial charge in [0.25, 0.3) is 0 Å². The molecular formula is C15H15NO4. The van der Waals surface area contributed by atoms with Gasteiger partial charge >= 0.3 is 5.97 Å². The maximum atomic E-state index is 12.3. The van der Waals surface area contributed by atoms with Gasteiger partial charge in [-0.3, -0.25) is 9.59 Å². The number of carbonyl (C=O) groups is 2. The first-order chi connectivity index (χ1) is 9.56. The van der Waals surface area contributed by atoms with Gasteiger partial charge in [0.15, 0.2) is 0 Å². The highest BCUT2D eigenvalue weighted by molar-refractivity contribution is 5.96. The summed E-state index contributed by atoms with van der Waals surface area (Å²) in [4.78, 5) is 23.7. The number of phenols is 1. The number of carboxylic acids is 1. The Labute approximate surface area is 115 Å². The van der Waals surface area contributed by atoms with E-state index in [9.17, 15) is 19.8 Å². The number of benzene rings is 1. The Morgan fingerprint density at radius 2 is 1.85 bits per heavy atom. The molecule has 1 saturated carbocycles. The molecule has 4 unspecified atom stereocenters. The molecule has 0 aliphatic heterocycles. The fraction of sp³-hybridized carbons (Fsp3) is 0.333. The van der Waals surface area contributed by atoms with Gasteiger partial charge in [-0.25, -0.2) is 0 Å². The number of rotatable bonds is 3. The number of aliphatic carboxylic acids is 1. The van der Waals surface area contributed by atoms with Gasteiger partial charge in [-0.15, -0.1) is 0 Å². The van der Waals surface area contributed by atoms with Crippen LogP contribution in [-0.2, 0) is 9.59 Å². The molecule has 1 aromatic rings. The standard InChI is InChI=1S/C15H15NO4/c17-11-3-1-2-10(7-11)16-14(18)12-8-4-5-9(6-8)13(12)15(19)20/h1-5,7-9,12-13,17H,6H2,(H,16,18)(H,19,20). The van der Waals surface area contributed by atoms with Crippen LogP contribution in [0.2, 0.25) is 0 Å². The molecule has 2 aliphatic rings. The van der Waals surface area contributed by atoms with Crippen molar-refractivity contribution in [3.8, 4) is 5.75 Å². The lowest BCUT2D eigenvalue weighted by atomic mass is 9.82. The Hall–Kier alpha value is -2.30. The summed E-state index contributed by atoms with van der Waals surface area (Å²) in [6.45, 7) is 0. The minimum absolute atomic E-state index is 0.00147. The molecular weight excluding hydrogens is 258 g/mol. The van der Waals surface area contributed by atoms with E-state index in [-0.39, 0.29) is 23.5 Å². The maximum absolute atomic E-state index is 12.3. The quantitative estimate of drug-likeness (QED) is 0.733. The Morgan fingerprint density at radius 1 is 1.15 bits per heavy atom. The zero-order valence-electron chi connectivity index (χ0n) is 10.7. The van der Waals surface area contributed by atoms with Crippen molar-refractivity contribution < 1.29 is 19.8 Å². The van der Waals surface area contributed by atoms with Crippen LogP contribution in [0.3, 0.4) is 0 Å². The molecule has 3 N–H and O–H groups in total. The molecule has 0 aromatic heterocycles. The number of carboxylic acid groups (broad SMARTS) is 1. The first kappa shape index (κ1) is 12.7. The molecule has 2 bridgehead atoms. The summed E-state index contributed by atoms with van der Waals surface area (Å²) in [5.41, 5.74) is 0.478. The van der Waals surface area contributed by atoms with E-state index in [1.165, 1.54) is 12.1 Å². The summed E-state index contributed by atoms with van der Waals surface area (Å²) in [5, 5.41) is 21.4. The Kier molecular flexibility index (Phi) is 2.97. The summed E-state index contributed by atoms with van der Waals surface area (Å²) >= 11 is 0. The zero-order valence-corrected chi connectivity index (χ0v) is 10.7. The van der Waals surface area contributed by atoms with Crippen molar-refractivity contribution in [2.75, 3.05) is 5.32 Å². The number of phenolic OH excluding ortho intramolecular Hbond substituents is 1. The molecule has 0 radical (unpaired) electrons. The van der Waals surface area contributed by atoms with E-state index in [0.717, 1.165) is 6.42 Å². The van der Waals surface area contributed by atoms with Gasteiger partial charge in [-0.2, -0.15) is 0 Å².